The maximum Gasteiger partial charge on any atom is 0.378 e. The summed E-state index contributed by atoms with van der Waals surface area (Å²) in [5.41, 5.74) is 7.91. The van der Waals surface area contributed by atoms with Crippen LogP contribution in [0.15, 0.2) is 14.7 Å². The third-order valence-electron chi connectivity index (χ3n) is 1.03. The molecule has 0 spiro atoms. The van der Waals surface area contributed by atoms with Gasteiger partial charge in [-0.25, -0.2) is 11.4 Å². The lowest BCUT2D eigenvalue weighted by atomic mass is 11.6. The quantitative estimate of drug-likeness (QED) is 0.0836. The fourth-order valence-corrected chi connectivity index (χ4v) is 1.31. The first-order valence-electron chi connectivity index (χ1n) is 3.07. The van der Waals surface area contributed by atoms with Gasteiger partial charge in [0.15, 0.2) is 0 Å². The van der Waals surface area contributed by atoms with Gasteiger partial charge in [0.25, 0.3) is 16.6 Å². The Morgan fingerprint density at radius 1 is 1.50 bits per heavy atom. The lowest BCUT2D eigenvalue weighted by Gasteiger charge is -2.13. The Morgan fingerprint density at radius 2 is 2.19 bits per heavy atom. The molecule has 0 aromatic carbocycles. The summed E-state index contributed by atoms with van der Waals surface area (Å²) in [4.78, 5) is 12.3. The minimum absolute atomic E-state index is 0.917. The van der Waals surface area contributed by atoms with Crippen LogP contribution in [0.2, 0.25) is 0 Å². The van der Waals surface area contributed by atoms with E-state index >= 15 is 0 Å². The van der Waals surface area contributed by atoms with Gasteiger partial charge in [-0.3, -0.25) is 4.18 Å². The summed E-state index contributed by atoms with van der Waals surface area (Å²) >= 11 is 0. The molecule has 11 heteroatoms. The van der Waals surface area contributed by atoms with Gasteiger partial charge in [-0.2, -0.15) is 14.4 Å². The molecule has 0 N–H and O–H groups in total. The highest BCUT2D eigenvalue weighted by atomic mass is 32.3. The Morgan fingerprint density at radius 3 is 2.56 bits per heavy atom. The molecule has 0 fully saturated rings. The van der Waals surface area contributed by atoms with Crippen molar-refractivity contribution in [1.82, 2.24) is 0 Å². The van der Waals surface area contributed by atoms with Gasteiger partial charge < -0.3 is 0 Å². The zero-order chi connectivity index (χ0) is 12.5. The monoisotopic (exact) mass is 236 g/mol. The average Bonchev–Trinajstić information content (AvgIpc) is 2.30. The van der Waals surface area contributed by atoms with Crippen LogP contribution in [0.5, 0.6) is 0 Å². The second-order valence-corrected chi connectivity index (χ2v) is 4.40. The minimum atomic E-state index is -4.78. The van der Waals surface area contributed by atoms with Crippen LogP contribution < -0.4 is 0 Å². The lowest BCUT2D eigenvalue weighted by Crippen LogP contribution is -1.99. The van der Waals surface area contributed by atoms with Crippen LogP contribution in [0.4, 0.5) is 0 Å². The zero-order valence-corrected chi connectivity index (χ0v) is 8.12. The molecule has 0 aromatic heterocycles. The fraction of sp³-hybridized carbons (Fsp3) is 0. The van der Waals surface area contributed by atoms with Crippen molar-refractivity contribution < 1.29 is 8.98 Å². The predicted octanol–water partition coefficient (Wildman–Crippen LogP) is 1.44. The SMILES string of the molecule is [C-]#[N+]S(=C=NN=[N+]=[N-])(C#N)(N=C=O)OC#N. The molecule has 0 atom stereocenters. The van der Waals surface area contributed by atoms with Gasteiger partial charge in [-0.15, -0.1) is 10.8 Å². The topological polar surface area (TPSA) is 152 Å². The first-order chi connectivity index (χ1) is 7.62. The van der Waals surface area contributed by atoms with E-state index in [2.05, 4.69) is 28.1 Å². The molecular weight excluding hydrogens is 236 g/mol. The van der Waals surface area contributed by atoms with Gasteiger partial charge in [-0.05, 0) is 4.40 Å². The van der Waals surface area contributed by atoms with Crippen LogP contribution in [0.25, 0.3) is 14.7 Å². The minimum Gasteiger partial charge on any atom is -0.282 e. The molecule has 0 aliphatic carbocycles. The summed E-state index contributed by atoms with van der Waals surface area (Å²) in [5.74, 6) is 0. The van der Waals surface area contributed by atoms with Crippen molar-refractivity contribution in [3.63, 3.8) is 0 Å². The van der Waals surface area contributed by atoms with E-state index in [-0.39, 0.29) is 0 Å². The van der Waals surface area contributed by atoms with Crippen LogP contribution in [-0.4, -0.2) is 11.2 Å². The maximum atomic E-state index is 10.1. The summed E-state index contributed by atoms with van der Waals surface area (Å²) < 4.78 is 9.68. The number of azide groups is 1. The first-order valence-corrected chi connectivity index (χ1v) is 4.95. The number of carbonyl (C=O) groups excluding carboxylic acids is 1. The summed E-state index contributed by atoms with van der Waals surface area (Å²) in [7, 11) is -4.78. The number of isocyanates is 1. The van der Waals surface area contributed by atoms with Gasteiger partial charge >= 0.3 is 15.7 Å². The van der Waals surface area contributed by atoms with Crippen LogP contribution in [0, 0.1) is 28.8 Å². The van der Waals surface area contributed by atoms with Crippen molar-refractivity contribution in [2.75, 3.05) is 0 Å². The number of hydrogen-bond donors (Lipinski definition) is 0. The first kappa shape index (κ1) is 12.9. The van der Waals surface area contributed by atoms with Crippen molar-refractivity contribution in [3.8, 4) is 11.7 Å². The molecule has 78 valence electrons. The Labute approximate surface area is 88.5 Å². The average molecular weight is 236 g/mol. The van der Waals surface area contributed by atoms with Gasteiger partial charge in [-0.1, -0.05) is 0 Å². The van der Waals surface area contributed by atoms with Crippen molar-refractivity contribution >= 4 is 20.6 Å². The molecule has 0 amide bonds. The highest BCUT2D eigenvalue weighted by Gasteiger charge is 2.44. The van der Waals surface area contributed by atoms with Crippen molar-refractivity contribution in [3.05, 3.63) is 21.3 Å². The molecule has 16 heavy (non-hydrogen) atoms. The Hall–Kier alpha value is -3.11. The van der Waals surface area contributed by atoms with Crippen molar-refractivity contribution in [2.24, 2.45) is 14.7 Å². The highest BCUT2D eigenvalue weighted by Crippen LogP contribution is 2.60. The number of hydrogen-bond acceptors (Lipinski definition) is 6. The normalized spacial score (nSPS) is 10.2. The summed E-state index contributed by atoms with van der Waals surface area (Å²) in [5, 5.41) is 25.4. The number of nitrogens with zero attached hydrogens (tertiary/aromatic N) is 8. The molecule has 0 rings (SSSR count). The Balaban J connectivity index is 6.56. The molecule has 0 unspecified atom stereocenters. The van der Waals surface area contributed by atoms with E-state index in [0.29, 0.717) is 0 Å². The molecule has 0 saturated heterocycles. The molecule has 0 heterocycles. The molecule has 0 aliphatic rings. The lowest BCUT2D eigenvalue weighted by molar-refractivity contribution is 0.560. The van der Waals surface area contributed by atoms with E-state index in [1.807, 2.05) is 0 Å². The third-order valence-corrected chi connectivity index (χ3v) is 2.91. The summed E-state index contributed by atoms with van der Waals surface area (Å²) in [6.07, 6.45) is 1.96. The molecular formula is C5N8O2S. The standard InChI is InChI=1S/C5N8O2S/c1-9-16(3-7,11-4-14,15-2-6)5-10-13-12-8. The predicted molar refractivity (Wildman–Crippen MR) is 51.2 cm³/mol. The van der Waals surface area contributed by atoms with Crippen LogP contribution in [0.3, 0.4) is 0 Å². The van der Waals surface area contributed by atoms with Crippen molar-refractivity contribution in [1.29, 1.82) is 10.5 Å². The Kier molecular flexibility index (Phi) is 3.98. The summed E-state index contributed by atoms with van der Waals surface area (Å²) in [6, 6.07) is 0. The third kappa shape index (κ3) is 2.22. The van der Waals surface area contributed by atoms with Gasteiger partial charge in [0, 0.05) is 10.3 Å². The van der Waals surface area contributed by atoms with E-state index in [4.69, 9.17) is 22.6 Å². The molecule has 0 radical (unpaired) electrons. The highest BCUT2D eigenvalue weighted by molar-refractivity contribution is 8.47. The van der Waals surface area contributed by atoms with Crippen molar-refractivity contribution in [2.45, 2.75) is 0 Å². The molecule has 10 nitrogen and oxygen atoms in total. The van der Waals surface area contributed by atoms with Crippen LogP contribution >= 0.6 is 9.40 Å². The molecule has 0 aromatic rings. The summed E-state index contributed by atoms with van der Waals surface area (Å²) in [6.45, 7) is 6.74. The van der Waals surface area contributed by atoms with Crippen LogP contribution in [-0.2, 0) is 8.98 Å². The van der Waals surface area contributed by atoms with Gasteiger partial charge in [0.2, 0.25) is 0 Å². The van der Waals surface area contributed by atoms with Gasteiger partial charge in [0.05, 0.1) is 0 Å². The van der Waals surface area contributed by atoms with Gasteiger partial charge in [0.1, 0.15) is 0 Å². The van der Waals surface area contributed by atoms with E-state index in [9.17, 15) is 4.79 Å². The van der Waals surface area contributed by atoms with E-state index in [0.717, 1.165) is 12.3 Å². The largest absolute Gasteiger partial charge is 0.378 e. The van der Waals surface area contributed by atoms with E-state index in [1.54, 1.807) is 5.16 Å². The zero-order valence-electron chi connectivity index (χ0n) is 7.30. The second-order valence-electron chi connectivity index (χ2n) is 1.77. The molecule has 0 saturated carbocycles. The number of thiocyanates is 1. The number of rotatable bonds is 3. The van der Waals surface area contributed by atoms with E-state index < -0.39 is 9.40 Å². The molecule has 0 bridgehead atoms. The Bertz CT molecular complexity index is 605. The van der Waals surface area contributed by atoms with E-state index in [1.165, 1.54) is 5.40 Å². The maximum absolute atomic E-state index is 10.1. The number of isothiocyanates is 1. The smallest absolute Gasteiger partial charge is 0.282 e. The second kappa shape index (κ2) is 4.94. The number of nitriles is 2. The van der Waals surface area contributed by atoms with Crippen LogP contribution in [0.1, 0.15) is 0 Å². The molecule has 0 aliphatic heterocycles. The fourth-order valence-electron chi connectivity index (χ4n) is 0.449.